The van der Waals surface area contributed by atoms with Gasteiger partial charge in [0.15, 0.2) is 0 Å². The summed E-state index contributed by atoms with van der Waals surface area (Å²) in [6.07, 6.45) is 10.8. The average Bonchev–Trinajstić information content (AvgIpc) is 2.71. The molecule has 0 aliphatic heterocycles. The molecule has 2 fully saturated rings. The van der Waals surface area contributed by atoms with E-state index in [0.717, 1.165) is 0 Å². The molecule has 2 aliphatic carbocycles. The van der Waals surface area contributed by atoms with Gasteiger partial charge in [-0.05, 0) is 11.8 Å². The van der Waals surface area contributed by atoms with Crippen molar-refractivity contribution >= 4 is 0 Å². The lowest BCUT2D eigenvalue weighted by molar-refractivity contribution is 0.277. The van der Waals surface area contributed by atoms with Gasteiger partial charge in [-0.1, -0.05) is 80.1 Å². The van der Waals surface area contributed by atoms with Crippen LogP contribution in [-0.2, 0) is 0 Å². The molecule has 2 rings (SSSR count). The summed E-state index contributed by atoms with van der Waals surface area (Å²) in [6, 6.07) is 0. The molecule has 0 spiro atoms. The topological polar surface area (TPSA) is 0 Å². The Morgan fingerprint density at radius 2 is 0.857 bits per heavy atom. The molecule has 2 saturated carbocycles. The van der Waals surface area contributed by atoms with E-state index in [1.807, 2.05) is 27.7 Å². The monoisotopic (exact) mass is 200 g/mol. The molecule has 2 aliphatic rings. The van der Waals surface area contributed by atoms with E-state index in [1.54, 1.807) is 25.7 Å². The van der Waals surface area contributed by atoms with E-state index in [9.17, 15) is 0 Å². The maximum Gasteiger partial charge on any atom is -0.0386 e. The third kappa shape index (κ3) is 5.02. The van der Waals surface area contributed by atoms with E-state index in [-0.39, 0.29) is 7.43 Å². The van der Waals surface area contributed by atoms with E-state index < -0.39 is 0 Å². The lowest BCUT2D eigenvalue weighted by Gasteiger charge is -2.24. The fourth-order valence-corrected chi connectivity index (χ4v) is 2.69. The molecule has 0 aromatic rings. The van der Waals surface area contributed by atoms with Gasteiger partial charge < -0.3 is 0 Å². The van der Waals surface area contributed by atoms with Crippen LogP contribution in [0.15, 0.2) is 0 Å². The second kappa shape index (κ2) is 11.1. The summed E-state index contributed by atoms with van der Waals surface area (Å²) in [5.41, 5.74) is 0. The number of rotatable bonds is 0. The van der Waals surface area contributed by atoms with Crippen molar-refractivity contribution in [1.29, 1.82) is 0 Å². The van der Waals surface area contributed by atoms with Crippen LogP contribution in [0.5, 0.6) is 0 Å². The second-order valence-corrected chi connectivity index (χ2v) is 3.74. The van der Waals surface area contributed by atoms with Gasteiger partial charge in [-0.15, -0.1) is 0 Å². The maximum atomic E-state index is 2.00. The molecule has 0 heteroatoms. The summed E-state index contributed by atoms with van der Waals surface area (Å²) in [7, 11) is 0. The first-order valence-corrected chi connectivity index (χ1v) is 6.47. The van der Waals surface area contributed by atoms with E-state index in [1.165, 1.54) is 31.1 Å². The molecule has 0 nitrogen and oxygen atoms in total. The minimum Gasteiger partial charge on any atom is -0.0776 e. The molecule has 0 aromatic heterocycles. The number of fused-ring (bicyclic) bond motifs is 1. The van der Waals surface area contributed by atoms with Crippen molar-refractivity contribution in [2.24, 2.45) is 11.8 Å². The lowest BCUT2D eigenvalue weighted by Crippen LogP contribution is -2.12. The number of hydrogen-bond acceptors (Lipinski definition) is 0. The van der Waals surface area contributed by atoms with Crippen LogP contribution in [0.25, 0.3) is 0 Å². The van der Waals surface area contributed by atoms with Crippen molar-refractivity contribution in [1.82, 2.24) is 0 Å². The molecular weight excluding hydrogens is 168 g/mol. The zero-order chi connectivity index (χ0) is 10.1. The molecule has 0 saturated heterocycles. The Morgan fingerprint density at radius 3 is 1.21 bits per heavy atom. The van der Waals surface area contributed by atoms with Gasteiger partial charge >= 0.3 is 0 Å². The molecule has 0 N–H and O–H groups in total. The van der Waals surface area contributed by atoms with Crippen LogP contribution >= 0.6 is 0 Å². The Bertz CT molecular complexity index is 84.2. The van der Waals surface area contributed by atoms with Crippen LogP contribution in [-0.4, -0.2) is 0 Å². The molecule has 2 atom stereocenters. The highest BCUT2D eigenvalue weighted by Crippen LogP contribution is 2.41. The van der Waals surface area contributed by atoms with Crippen LogP contribution in [0, 0.1) is 11.8 Å². The highest BCUT2D eigenvalue weighted by molar-refractivity contribution is 4.80. The molecule has 0 radical (unpaired) electrons. The first-order chi connectivity index (χ1) is 6.47. The Hall–Kier alpha value is 0. The summed E-state index contributed by atoms with van der Waals surface area (Å²) in [5.74, 6) is 2.33. The zero-order valence-electron chi connectivity index (χ0n) is 10.1. The normalized spacial score (nSPS) is 28.3. The molecule has 2 unspecified atom stereocenters. The highest BCUT2D eigenvalue weighted by atomic mass is 14.3. The minimum atomic E-state index is 0. The molecule has 88 valence electrons. The Morgan fingerprint density at radius 1 is 0.571 bits per heavy atom. The van der Waals surface area contributed by atoms with Crippen molar-refractivity contribution in [3.8, 4) is 0 Å². The SMILES string of the molecule is C.C1CCC2CCCC2C1.CC.CC. The van der Waals surface area contributed by atoms with E-state index in [0.29, 0.717) is 0 Å². The molecule has 0 aromatic carbocycles. The highest BCUT2D eigenvalue weighted by Gasteiger charge is 2.28. The summed E-state index contributed by atoms with van der Waals surface area (Å²) in [4.78, 5) is 0. The smallest absolute Gasteiger partial charge is 0.0386 e. The first-order valence-electron chi connectivity index (χ1n) is 6.47. The van der Waals surface area contributed by atoms with Crippen molar-refractivity contribution in [2.45, 2.75) is 80.1 Å². The zero-order valence-corrected chi connectivity index (χ0v) is 10.1. The quantitative estimate of drug-likeness (QED) is 0.473. The average molecular weight is 200 g/mol. The summed E-state index contributed by atoms with van der Waals surface area (Å²) < 4.78 is 0. The van der Waals surface area contributed by atoms with Crippen molar-refractivity contribution in [2.75, 3.05) is 0 Å². The van der Waals surface area contributed by atoms with Crippen molar-refractivity contribution in [3.63, 3.8) is 0 Å². The fourth-order valence-electron chi connectivity index (χ4n) is 2.69. The van der Waals surface area contributed by atoms with Gasteiger partial charge in [-0.3, -0.25) is 0 Å². The van der Waals surface area contributed by atoms with Crippen LogP contribution in [0.1, 0.15) is 80.1 Å². The van der Waals surface area contributed by atoms with Gasteiger partial charge in [0.2, 0.25) is 0 Å². The summed E-state index contributed by atoms with van der Waals surface area (Å²) in [6.45, 7) is 8.00. The minimum absolute atomic E-state index is 0. The van der Waals surface area contributed by atoms with Gasteiger partial charge in [-0.25, -0.2) is 0 Å². The lowest BCUT2D eigenvalue weighted by atomic mass is 9.82. The first kappa shape index (κ1) is 16.4. The third-order valence-corrected chi connectivity index (χ3v) is 3.22. The Balaban J connectivity index is 0. The molecular formula is C14H32. The number of hydrogen-bond donors (Lipinski definition) is 0. The predicted octanol–water partition coefficient (Wildman–Crippen LogP) is 5.67. The predicted molar refractivity (Wildman–Crippen MR) is 68.7 cm³/mol. The van der Waals surface area contributed by atoms with Crippen molar-refractivity contribution in [3.05, 3.63) is 0 Å². The van der Waals surface area contributed by atoms with Crippen LogP contribution < -0.4 is 0 Å². The van der Waals surface area contributed by atoms with Gasteiger partial charge in [0.1, 0.15) is 0 Å². The van der Waals surface area contributed by atoms with E-state index >= 15 is 0 Å². The molecule has 0 heterocycles. The third-order valence-electron chi connectivity index (χ3n) is 3.22. The summed E-state index contributed by atoms with van der Waals surface area (Å²) in [5, 5.41) is 0. The fraction of sp³-hybridized carbons (Fsp3) is 1.00. The van der Waals surface area contributed by atoms with Crippen LogP contribution in [0.3, 0.4) is 0 Å². The van der Waals surface area contributed by atoms with E-state index in [4.69, 9.17) is 0 Å². The summed E-state index contributed by atoms with van der Waals surface area (Å²) >= 11 is 0. The maximum absolute atomic E-state index is 2.00. The van der Waals surface area contributed by atoms with Gasteiger partial charge in [-0.2, -0.15) is 0 Å². The van der Waals surface area contributed by atoms with Crippen LogP contribution in [0.2, 0.25) is 0 Å². The van der Waals surface area contributed by atoms with E-state index in [2.05, 4.69) is 0 Å². The molecule has 0 amide bonds. The standard InChI is InChI=1S/C9H16.2C2H6.CH4/c1-2-5-9-7-3-6-8(9)4-1;2*1-2;/h8-9H,1-7H2;2*1-2H3;1H4. The van der Waals surface area contributed by atoms with Gasteiger partial charge in [0, 0.05) is 0 Å². The Kier molecular flexibility index (Phi) is 13.0. The van der Waals surface area contributed by atoms with Crippen LogP contribution in [0.4, 0.5) is 0 Å². The molecule has 0 bridgehead atoms. The van der Waals surface area contributed by atoms with Gasteiger partial charge in [0.05, 0.1) is 0 Å². The second-order valence-electron chi connectivity index (χ2n) is 3.74. The van der Waals surface area contributed by atoms with Gasteiger partial charge in [0.25, 0.3) is 0 Å². The largest absolute Gasteiger partial charge is 0.0776 e. The Labute approximate surface area is 92.5 Å². The molecule has 14 heavy (non-hydrogen) atoms. The van der Waals surface area contributed by atoms with Crippen molar-refractivity contribution < 1.29 is 0 Å².